The number of hydrogen-bond acceptors (Lipinski definition) is 3. The van der Waals surface area contributed by atoms with Crippen LogP contribution in [0.1, 0.15) is 21.5 Å². The second-order valence-electron chi connectivity index (χ2n) is 8.25. The van der Waals surface area contributed by atoms with E-state index in [9.17, 15) is 14.7 Å². The van der Waals surface area contributed by atoms with Gasteiger partial charge in [-0.15, -0.1) is 0 Å². The summed E-state index contributed by atoms with van der Waals surface area (Å²) < 4.78 is 1.60. The molecule has 0 saturated carbocycles. The highest BCUT2D eigenvalue weighted by atomic mass is 16.3. The van der Waals surface area contributed by atoms with Crippen LogP contribution in [0.4, 0.5) is 0 Å². The summed E-state index contributed by atoms with van der Waals surface area (Å²) in [5, 5.41) is 11.6. The van der Waals surface area contributed by atoms with Crippen LogP contribution in [0, 0.1) is 0 Å². The first-order chi connectivity index (χ1) is 17.1. The quantitative estimate of drug-likeness (QED) is 0.310. The van der Waals surface area contributed by atoms with Crippen LogP contribution in [-0.2, 0) is 6.54 Å². The van der Waals surface area contributed by atoms with E-state index in [2.05, 4.69) is 0 Å². The maximum atomic E-state index is 14.0. The fourth-order valence-electron chi connectivity index (χ4n) is 4.34. The lowest BCUT2D eigenvalue weighted by atomic mass is 9.92. The van der Waals surface area contributed by atoms with Crippen LogP contribution >= 0.6 is 0 Å². The van der Waals surface area contributed by atoms with Crippen LogP contribution in [0.2, 0.25) is 0 Å². The van der Waals surface area contributed by atoms with Crippen molar-refractivity contribution in [2.75, 3.05) is 0 Å². The lowest BCUT2D eigenvalue weighted by molar-refractivity contribution is 0.103. The molecule has 5 aromatic rings. The molecule has 0 fully saturated rings. The third-order valence-corrected chi connectivity index (χ3v) is 6.00. The van der Waals surface area contributed by atoms with Gasteiger partial charge in [-0.1, -0.05) is 121 Å². The van der Waals surface area contributed by atoms with E-state index in [0.717, 1.165) is 5.56 Å². The van der Waals surface area contributed by atoms with Gasteiger partial charge in [0.2, 0.25) is 0 Å². The first-order valence-corrected chi connectivity index (χ1v) is 11.4. The van der Waals surface area contributed by atoms with Crippen LogP contribution in [0.3, 0.4) is 0 Å². The predicted molar refractivity (Wildman–Crippen MR) is 139 cm³/mol. The van der Waals surface area contributed by atoms with Gasteiger partial charge >= 0.3 is 0 Å². The summed E-state index contributed by atoms with van der Waals surface area (Å²) in [6, 6.07) is 36.7. The first-order valence-electron chi connectivity index (χ1n) is 11.4. The molecule has 4 heteroatoms. The average Bonchev–Trinajstić information content (AvgIpc) is 2.92. The van der Waals surface area contributed by atoms with Gasteiger partial charge in [0.05, 0.1) is 23.4 Å². The summed E-state index contributed by atoms with van der Waals surface area (Å²) in [4.78, 5) is 27.9. The summed E-state index contributed by atoms with van der Waals surface area (Å²) in [5.74, 6) is -0.654. The molecule has 0 atom stereocenters. The molecule has 1 N–H and O–H groups in total. The molecule has 4 nitrogen and oxygen atoms in total. The van der Waals surface area contributed by atoms with Gasteiger partial charge in [-0.05, 0) is 16.7 Å². The van der Waals surface area contributed by atoms with Crippen molar-refractivity contribution >= 4 is 5.78 Å². The Bertz CT molecular complexity index is 1530. The molecule has 1 aromatic heterocycles. The Kier molecular flexibility index (Phi) is 6.10. The van der Waals surface area contributed by atoms with Gasteiger partial charge in [-0.2, -0.15) is 0 Å². The van der Waals surface area contributed by atoms with Gasteiger partial charge in [-0.25, -0.2) is 0 Å². The van der Waals surface area contributed by atoms with Gasteiger partial charge in [0.1, 0.15) is 5.75 Å². The number of benzene rings is 4. The van der Waals surface area contributed by atoms with Gasteiger partial charge < -0.3 is 9.67 Å². The predicted octanol–water partition coefficient (Wildman–Crippen LogP) is 6.17. The molecule has 0 unspecified atom stereocenters. The van der Waals surface area contributed by atoms with E-state index in [1.54, 1.807) is 53.1 Å². The first kappa shape index (κ1) is 22.1. The average molecular weight is 458 g/mol. The zero-order chi connectivity index (χ0) is 24.2. The molecule has 1 heterocycles. The molecule has 0 aliphatic heterocycles. The zero-order valence-electron chi connectivity index (χ0n) is 19.0. The summed E-state index contributed by atoms with van der Waals surface area (Å²) >= 11 is 0. The largest absolute Gasteiger partial charge is 0.506 e. The number of rotatable bonds is 6. The van der Waals surface area contributed by atoms with Crippen LogP contribution in [-0.4, -0.2) is 15.5 Å². The molecule has 35 heavy (non-hydrogen) atoms. The van der Waals surface area contributed by atoms with Gasteiger partial charge in [0.25, 0.3) is 5.56 Å². The summed E-state index contributed by atoms with van der Waals surface area (Å²) in [7, 11) is 0. The molecule has 0 bridgehead atoms. The minimum atomic E-state index is -0.360. The fourth-order valence-corrected chi connectivity index (χ4v) is 4.34. The number of hydrogen-bond donors (Lipinski definition) is 1. The Balaban J connectivity index is 1.89. The molecule has 4 aromatic carbocycles. The Morgan fingerprint density at radius 3 is 1.71 bits per heavy atom. The Hall–Kier alpha value is -4.70. The third kappa shape index (κ3) is 4.30. The number of aromatic nitrogens is 1. The van der Waals surface area contributed by atoms with Gasteiger partial charge in [0.15, 0.2) is 5.78 Å². The summed E-state index contributed by atoms with van der Waals surface area (Å²) in [6.45, 7) is 0.249. The van der Waals surface area contributed by atoms with Gasteiger partial charge in [0, 0.05) is 5.56 Å². The monoisotopic (exact) mass is 457 g/mol. The van der Waals surface area contributed by atoms with Crippen LogP contribution in [0.25, 0.3) is 22.4 Å². The fraction of sp³-hybridized carbons (Fsp3) is 0.0323. The maximum Gasteiger partial charge on any atom is 0.263 e. The number of pyridine rings is 1. The molecule has 0 aliphatic rings. The Morgan fingerprint density at radius 2 is 1.14 bits per heavy atom. The van der Waals surface area contributed by atoms with Crippen LogP contribution in [0.5, 0.6) is 5.75 Å². The Labute approximate surface area is 203 Å². The van der Waals surface area contributed by atoms with E-state index in [4.69, 9.17) is 0 Å². The summed E-state index contributed by atoms with van der Waals surface area (Å²) in [6.07, 6.45) is 0. The smallest absolute Gasteiger partial charge is 0.263 e. The topological polar surface area (TPSA) is 59.3 Å². The molecule has 0 amide bonds. The Morgan fingerprint density at radius 1 is 0.657 bits per heavy atom. The summed E-state index contributed by atoms with van der Waals surface area (Å²) in [5.41, 5.74) is 2.83. The van der Waals surface area contributed by atoms with Crippen molar-refractivity contribution < 1.29 is 9.90 Å². The number of nitrogens with zero attached hydrogens (tertiary/aromatic N) is 1. The molecule has 0 saturated heterocycles. The van der Waals surface area contributed by atoms with Crippen molar-refractivity contribution in [2.24, 2.45) is 0 Å². The van der Waals surface area contributed by atoms with E-state index in [-0.39, 0.29) is 34.8 Å². The lowest BCUT2D eigenvalue weighted by Crippen LogP contribution is -2.27. The molecule has 5 rings (SSSR count). The van der Waals surface area contributed by atoms with Gasteiger partial charge in [-0.3, -0.25) is 9.59 Å². The van der Waals surface area contributed by atoms with E-state index in [1.807, 2.05) is 72.8 Å². The lowest BCUT2D eigenvalue weighted by Gasteiger charge is -2.21. The number of carbonyl (C=O) groups is 1. The van der Waals surface area contributed by atoms with Crippen LogP contribution < -0.4 is 5.56 Å². The maximum absolute atomic E-state index is 14.0. The van der Waals surface area contributed by atoms with E-state index >= 15 is 0 Å². The molecule has 0 radical (unpaired) electrons. The minimum absolute atomic E-state index is 0.108. The van der Waals surface area contributed by atoms with Crippen molar-refractivity contribution in [1.29, 1.82) is 0 Å². The molecule has 0 spiro atoms. The second kappa shape index (κ2) is 9.65. The van der Waals surface area contributed by atoms with E-state index in [0.29, 0.717) is 22.4 Å². The molecule has 170 valence electrons. The van der Waals surface area contributed by atoms with E-state index < -0.39 is 0 Å². The normalized spacial score (nSPS) is 10.7. The highest BCUT2D eigenvalue weighted by Crippen LogP contribution is 2.37. The van der Waals surface area contributed by atoms with Crippen molar-refractivity contribution in [1.82, 2.24) is 4.57 Å². The highest BCUT2D eigenvalue weighted by molar-refractivity contribution is 6.15. The molecular weight excluding hydrogens is 434 g/mol. The standard InChI is InChI=1S/C31H23NO3/c33-29(25-19-11-4-12-20-25)27-28(24-17-9-3-10-18-24)32(21-22-13-5-1-6-14-22)31(35)26(30(27)34)23-15-7-2-8-16-23/h1-20,34H,21H2. The number of carbonyl (C=O) groups excluding carboxylic acids is 1. The zero-order valence-corrected chi connectivity index (χ0v) is 19.0. The molecule has 0 aliphatic carbocycles. The molecular formula is C31H23NO3. The third-order valence-electron chi connectivity index (χ3n) is 6.00. The second-order valence-corrected chi connectivity index (χ2v) is 8.25. The van der Waals surface area contributed by atoms with Crippen molar-refractivity contribution in [3.63, 3.8) is 0 Å². The highest BCUT2D eigenvalue weighted by Gasteiger charge is 2.28. The number of ketones is 1. The van der Waals surface area contributed by atoms with Crippen LogP contribution in [0.15, 0.2) is 126 Å². The SMILES string of the molecule is O=C(c1ccccc1)c1c(O)c(-c2ccccc2)c(=O)n(Cc2ccccc2)c1-c1ccccc1. The van der Waals surface area contributed by atoms with E-state index in [1.165, 1.54) is 0 Å². The van der Waals surface area contributed by atoms with Crippen molar-refractivity contribution in [3.05, 3.63) is 148 Å². The number of aromatic hydroxyl groups is 1. The van der Waals surface area contributed by atoms with Crippen molar-refractivity contribution in [3.8, 4) is 28.1 Å². The van der Waals surface area contributed by atoms with Crippen molar-refractivity contribution in [2.45, 2.75) is 6.54 Å². The minimum Gasteiger partial charge on any atom is -0.506 e.